The number of unbranched alkanes of at least 4 members (excludes halogenated alkanes) is 1. The van der Waals surface area contributed by atoms with E-state index in [0.29, 0.717) is 38.8 Å². The lowest BCUT2D eigenvalue weighted by Crippen LogP contribution is -2.53. The van der Waals surface area contributed by atoms with Crippen molar-refractivity contribution in [2.45, 2.75) is 70.5 Å². The predicted octanol–water partition coefficient (Wildman–Crippen LogP) is -0.835. The third-order valence-corrected chi connectivity index (χ3v) is 4.92. The van der Waals surface area contributed by atoms with Gasteiger partial charge >= 0.3 is 5.97 Å². The van der Waals surface area contributed by atoms with E-state index in [0.717, 1.165) is 12.8 Å². The largest absolute Gasteiger partial charge is 0.480 e. The first-order valence-corrected chi connectivity index (χ1v) is 10.2. The highest BCUT2D eigenvalue weighted by atomic mass is 16.4. The Morgan fingerprint density at radius 1 is 1.17 bits per heavy atom. The predicted molar refractivity (Wildman–Crippen MR) is 108 cm³/mol. The average molecular weight is 414 g/mol. The molecule has 10 heteroatoms. The van der Waals surface area contributed by atoms with Gasteiger partial charge in [-0.1, -0.05) is 20.3 Å². The van der Waals surface area contributed by atoms with E-state index in [4.69, 9.17) is 11.5 Å². The summed E-state index contributed by atoms with van der Waals surface area (Å²) in [7, 11) is 0. The Balaban J connectivity index is 2.61. The number of carboxylic acid groups (broad SMARTS) is 1. The molecule has 1 aliphatic rings. The van der Waals surface area contributed by atoms with Gasteiger partial charge in [0, 0.05) is 6.54 Å². The summed E-state index contributed by atoms with van der Waals surface area (Å²) in [5.41, 5.74) is 11.3. The summed E-state index contributed by atoms with van der Waals surface area (Å²) in [4.78, 5) is 49.7. The monoisotopic (exact) mass is 413 g/mol. The van der Waals surface area contributed by atoms with Crippen LogP contribution in [0.15, 0.2) is 0 Å². The molecular formula is C19H35N5O5. The van der Waals surface area contributed by atoms with Crippen LogP contribution >= 0.6 is 0 Å². The van der Waals surface area contributed by atoms with Crippen LogP contribution < -0.4 is 22.1 Å². The zero-order chi connectivity index (χ0) is 22.0. The smallest absolute Gasteiger partial charge is 0.326 e. The SMILES string of the molecule is CC(C)CC(NC(=O)C(N)CCCCN)C(=O)NCC(=O)N1CCCC1C(=O)O. The number of carboxylic acids is 1. The number of nitrogens with two attached hydrogens (primary N) is 2. The number of hydrogen-bond donors (Lipinski definition) is 5. The van der Waals surface area contributed by atoms with Crippen LogP contribution in [0.3, 0.4) is 0 Å². The highest BCUT2D eigenvalue weighted by molar-refractivity contribution is 5.92. The second kappa shape index (κ2) is 12.4. The van der Waals surface area contributed by atoms with Gasteiger partial charge in [0.25, 0.3) is 0 Å². The second-order valence-corrected chi connectivity index (χ2v) is 7.88. The molecular weight excluding hydrogens is 378 g/mol. The van der Waals surface area contributed by atoms with Crippen LogP contribution in [0, 0.1) is 5.92 Å². The molecule has 166 valence electrons. The number of hydrogen-bond acceptors (Lipinski definition) is 6. The highest BCUT2D eigenvalue weighted by Crippen LogP contribution is 2.17. The lowest BCUT2D eigenvalue weighted by atomic mass is 10.0. The van der Waals surface area contributed by atoms with E-state index >= 15 is 0 Å². The van der Waals surface area contributed by atoms with Crippen molar-refractivity contribution >= 4 is 23.7 Å². The van der Waals surface area contributed by atoms with Gasteiger partial charge in [0.05, 0.1) is 12.6 Å². The van der Waals surface area contributed by atoms with Crippen LogP contribution in [0.4, 0.5) is 0 Å². The van der Waals surface area contributed by atoms with E-state index in [-0.39, 0.29) is 12.5 Å². The third kappa shape index (κ3) is 8.36. The number of nitrogens with one attached hydrogen (secondary N) is 2. The van der Waals surface area contributed by atoms with Gasteiger partial charge in [0.2, 0.25) is 17.7 Å². The fourth-order valence-electron chi connectivity index (χ4n) is 3.33. The van der Waals surface area contributed by atoms with Crippen LogP contribution in [-0.2, 0) is 19.2 Å². The Morgan fingerprint density at radius 3 is 2.45 bits per heavy atom. The minimum atomic E-state index is -1.05. The van der Waals surface area contributed by atoms with E-state index in [1.54, 1.807) is 0 Å². The van der Waals surface area contributed by atoms with Crippen molar-refractivity contribution in [2.24, 2.45) is 17.4 Å². The molecule has 3 amide bonds. The Labute approximate surface area is 171 Å². The lowest BCUT2D eigenvalue weighted by molar-refractivity contribution is -0.148. The number of likely N-dealkylation sites (tertiary alicyclic amines) is 1. The minimum Gasteiger partial charge on any atom is -0.480 e. The molecule has 0 aromatic rings. The van der Waals surface area contributed by atoms with E-state index in [1.807, 2.05) is 13.8 Å². The number of amides is 3. The van der Waals surface area contributed by atoms with Crippen LogP contribution in [0.2, 0.25) is 0 Å². The molecule has 1 heterocycles. The van der Waals surface area contributed by atoms with Crippen molar-refractivity contribution in [3.8, 4) is 0 Å². The van der Waals surface area contributed by atoms with E-state index in [1.165, 1.54) is 4.90 Å². The number of nitrogens with zero attached hydrogens (tertiary/aromatic N) is 1. The zero-order valence-electron chi connectivity index (χ0n) is 17.4. The van der Waals surface area contributed by atoms with Crippen LogP contribution in [0.25, 0.3) is 0 Å². The van der Waals surface area contributed by atoms with Crippen LogP contribution in [0.5, 0.6) is 0 Å². The molecule has 1 saturated heterocycles. The quantitative estimate of drug-likeness (QED) is 0.260. The first-order chi connectivity index (χ1) is 13.7. The van der Waals surface area contributed by atoms with Crippen LogP contribution in [0.1, 0.15) is 52.4 Å². The summed E-state index contributed by atoms with van der Waals surface area (Å²) in [6, 6.07) is -2.40. The topological polar surface area (TPSA) is 168 Å². The summed E-state index contributed by atoms with van der Waals surface area (Å²) < 4.78 is 0. The van der Waals surface area contributed by atoms with Gasteiger partial charge in [0.15, 0.2) is 0 Å². The molecule has 10 nitrogen and oxygen atoms in total. The van der Waals surface area contributed by atoms with Crippen molar-refractivity contribution in [3.63, 3.8) is 0 Å². The van der Waals surface area contributed by atoms with Gasteiger partial charge in [-0.05, 0) is 44.6 Å². The summed E-state index contributed by atoms with van der Waals surface area (Å²) >= 11 is 0. The minimum absolute atomic E-state index is 0.130. The maximum absolute atomic E-state index is 12.6. The molecule has 29 heavy (non-hydrogen) atoms. The molecule has 0 saturated carbocycles. The lowest BCUT2D eigenvalue weighted by Gasteiger charge is -2.24. The molecule has 1 fully saturated rings. The summed E-state index contributed by atoms with van der Waals surface area (Å²) in [5.74, 6) is -2.27. The first kappa shape index (κ1) is 24.8. The normalized spacial score (nSPS) is 18.4. The van der Waals surface area contributed by atoms with Gasteiger partial charge in [-0.15, -0.1) is 0 Å². The number of rotatable bonds is 12. The Kier molecular flexibility index (Phi) is 10.6. The van der Waals surface area contributed by atoms with Gasteiger partial charge < -0.3 is 32.1 Å². The summed E-state index contributed by atoms with van der Waals surface area (Å²) in [6.07, 6.45) is 3.38. The van der Waals surface area contributed by atoms with Gasteiger partial charge in [-0.3, -0.25) is 14.4 Å². The number of carbonyl (C=O) groups excluding carboxylic acids is 3. The average Bonchev–Trinajstić information content (AvgIpc) is 3.15. The summed E-state index contributed by atoms with van der Waals surface area (Å²) in [5, 5.41) is 14.4. The molecule has 0 bridgehead atoms. The first-order valence-electron chi connectivity index (χ1n) is 10.2. The van der Waals surface area contributed by atoms with Gasteiger partial charge in [0.1, 0.15) is 12.1 Å². The Bertz CT molecular complexity index is 583. The fraction of sp³-hybridized carbons (Fsp3) is 0.789. The zero-order valence-corrected chi connectivity index (χ0v) is 17.4. The number of carbonyl (C=O) groups is 4. The standard InChI is InChI=1S/C19H35N5O5/c1-12(2)10-14(23-17(26)13(21)6-3-4-8-20)18(27)22-11-16(25)24-9-5-7-15(24)19(28)29/h12-15H,3-11,20-21H2,1-2H3,(H,22,27)(H,23,26)(H,28,29). The maximum Gasteiger partial charge on any atom is 0.326 e. The van der Waals surface area contributed by atoms with E-state index < -0.39 is 41.8 Å². The van der Waals surface area contributed by atoms with Crippen molar-refractivity contribution in [2.75, 3.05) is 19.6 Å². The maximum atomic E-state index is 12.6. The van der Waals surface area contributed by atoms with Gasteiger partial charge in [-0.2, -0.15) is 0 Å². The van der Waals surface area contributed by atoms with Crippen molar-refractivity contribution in [1.82, 2.24) is 15.5 Å². The highest BCUT2D eigenvalue weighted by Gasteiger charge is 2.34. The molecule has 3 unspecified atom stereocenters. The molecule has 0 radical (unpaired) electrons. The molecule has 0 spiro atoms. The van der Waals surface area contributed by atoms with E-state index in [9.17, 15) is 24.3 Å². The molecule has 1 rings (SSSR count). The summed E-state index contributed by atoms with van der Waals surface area (Å²) in [6.45, 7) is 4.41. The van der Waals surface area contributed by atoms with Crippen molar-refractivity contribution in [3.05, 3.63) is 0 Å². The van der Waals surface area contributed by atoms with Crippen molar-refractivity contribution in [1.29, 1.82) is 0 Å². The molecule has 0 aliphatic carbocycles. The Morgan fingerprint density at radius 2 is 1.86 bits per heavy atom. The van der Waals surface area contributed by atoms with Gasteiger partial charge in [-0.25, -0.2) is 4.79 Å². The number of aliphatic carboxylic acids is 1. The van der Waals surface area contributed by atoms with Crippen molar-refractivity contribution < 1.29 is 24.3 Å². The molecule has 0 aromatic carbocycles. The van der Waals surface area contributed by atoms with E-state index in [2.05, 4.69) is 10.6 Å². The Hall–Kier alpha value is -2.20. The van der Waals surface area contributed by atoms with Crippen LogP contribution in [-0.4, -0.2) is 71.5 Å². The molecule has 1 aliphatic heterocycles. The third-order valence-electron chi connectivity index (χ3n) is 4.92. The molecule has 3 atom stereocenters. The molecule has 7 N–H and O–H groups in total. The second-order valence-electron chi connectivity index (χ2n) is 7.88. The molecule has 0 aromatic heterocycles. The fourth-order valence-corrected chi connectivity index (χ4v) is 3.33.